The summed E-state index contributed by atoms with van der Waals surface area (Å²) in [6.45, 7) is 1.36. The third-order valence-corrected chi connectivity index (χ3v) is 5.46. The summed E-state index contributed by atoms with van der Waals surface area (Å²) in [5.74, 6) is 0.494. The second-order valence-corrected chi connectivity index (χ2v) is 7.99. The number of nitrogens with zero attached hydrogens (tertiary/aromatic N) is 3. The zero-order valence-electron chi connectivity index (χ0n) is 15.5. The molecule has 0 fully saturated rings. The Bertz CT molecular complexity index is 852. The minimum atomic E-state index is -3.53. The first kappa shape index (κ1) is 20.7. The molecule has 1 amide bonds. The number of benzene rings is 1. The standard InChI is InChI=1S/C17H23N5O4S/c1-22(2)27(24,25)14-7-5-13(6-8-14)17(23)19-16-10-9-15(20-21-16)18-11-4-12-26-3/h5-10H,4,11-12H2,1-3H3,(H,18,20)(H,19,21,23). The number of rotatable bonds is 9. The fraction of sp³-hybridized carbons (Fsp3) is 0.353. The molecule has 0 saturated heterocycles. The van der Waals surface area contributed by atoms with Gasteiger partial charge < -0.3 is 15.4 Å². The lowest BCUT2D eigenvalue weighted by Crippen LogP contribution is -2.22. The van der Waals surface area contributed by atoms with Gasteiger partial charge in [-0.1, -0.05) is 0 Å². The summed E-state index contributed by atoms with van der Waals surface area (Å²) in [6.07, 6.45) is 0.843. The van der Waals surface area contributed by atoms with E-state index in [2.05, 4.69) is 20.8 Å². The van der Waals surface area contributed by atoms with Gasteiger partial charge in [0.05, 0.1) is 4.90 Å². The highest BCUT2D eigenvalue weighted by molar-refractivity contribution is 7.89. The zero-order valence-corrected chi connectivity index (χ0v) is 16.3. The van der Waals surface area contributed by atoms with Crippen LogP contribution in [-0.2, 0) is 14.8 Å². The maximum absolute atomic E-state index is 12.3. The summed E-state index contributed by atoms with van der Waals surface area (Å²) in [6, 6.07) is 9.03. The van der Waals surface area contributed by atoms with Crippen molar-refractivity contribution < 1.29 is 17.9 Å². The van der Waals surface area contributed by atoms with Crippen LogP contribution in [0.2, 0.25) is 0 Å². The van der Waals surface area contributed by atoms with Crippen molar-refractivity contribution in [3.05, 3.63) is 42.0 Å². The van der Waals surface area contributed by atoms with Gasteiger partial charge in [-0.25, -0.2) is 12.7 Å². The molecule has 0 atom stereocenters. The second-order valence-electron chi connectivity index (χ2n) is 5.84. The van der Waals surface area contributed by atoms with Crippen LogP contribution in [0.3, 0.4) is 0 Å². The third kappa shape index (κ3) is 5.71. The number of ether oxygens (including phenoxy) is 1. The van der Waals surface area contributed by atoms with E-state index in [-0.39, 0.29) is 4.90 Å². The van der Waals surface area contributed by atoms with E-state index >= 15 is 0 Å². The van der Waals surface area contributed by atoms with Gasteiger partial charge >= 0.3 is 0 Å². The maximum Gasteiger partial charge on any atom is 0.256 e. The highest BCUT2D eigenvalue weighted by atomic mass is 32.2. The van der Waals surface area contributed by atoms with Crippen molar-refractivity contribution in [2.45, 2.75) is 11.3 Å². The smallest absolute Gasteiger partial charge is 0.256 e. The van der Waals surface area contributed by atoms with Crippen LogP contribution in [0.15, 0.2) is 41.3 Å². The van der Waals surface area contributed by atoms with E-state index in [9.17, 15) is 13.2 Å². The Morgan fingerprint density at radius 3 is 2.26 bits per heavy atom. The number of aromatic nitrogens is 2. The van der Waals surface area contributed by atoms with Crippen molar-refractivity contribution in [1.29, 1.82) is 0 Å². The molecular formula is C17H23N5O4S. The molecule has 0 saturated carbocycles. The van der Waals surface area contributed by atoms with Gasteiger partial charge in [-0.2, -0.15) is 0 Å². The quantitative estimate of drug-likeness (QED) is 0.620. The van der Waals surface area contributed by atoms with Crippen LogP contribution in [0, 0.1) is 0 Å². The molecule has 0 aliphatic carbocycles. The average Bonchev–Trinajstić information content (AvgIpc) is 2.66. The van der Waals surface area contributed by atoms with Gasteiger partial charge in [-0.15, -0.1) is 10.2 Å². The minimum absolute atomic E-state index is 0.118. The molecule has 0 bridgehead atoms. The molecule has 9 nitrogen and oxygen atoms in total. The van der Waals surface area contributed by atoms with Crippen molar-refractivity contribution in [1.82, 2.24) is 14.5 Å². The van der Waals surface area contributed by atoms with E-state index in [1.54, 1.807) is 19.2 Å². The monoisotopic (exact) mass is 393 g/mol. The molecule has 2 N–H and O–H groups in total. The van der Waals surface area contributed by atoms with Crippen molar-refractivity contribution >= 4 is 27.6 Å². The van der Waals surface area contributed by atoms with Gasteiger partial charge in [0.25, 0.3) is 5.91 Å². The Morgan fingerprint density at radius 1 is 1.07 bits per heavy atom. The van der Waals surface area contributed by atoms with Crippen molar-refractivity contribution in [3.63, 3.8) is 0 Å². The Kier molecular flexibility index (Phi) is 7.22. The summed E-state index contributed by atoms with van der Waals surface area (Å²) in [7, 11) is 1.01. The number of sulfonamides is 1. The lowest BCUT2D eigenvalue weighted by atomic mass is 10.2. The Hall–Kier alpha value is -2.56. The van der Waals surface area contributed by atoms with E-state index in [0.717, 1.165) is 10.7 Å². The average molecular weight is 393 g/mol. The maximum atomic E-state index is 12.3. The van der Waals surface area contributed by atoms with Gasteiger partial charge in [0.2, 0.25) is 10.0 Å². The van der Waals surface area contributed by atoms with E-state index in [1.807, 2.05) is 0 Å². The molecule has 0 aliphatic heterocycles. The first-order chi connectivity index (χ1) is 12.8. The molecule has 0 aliphatic rings. The van der Waals surface area contributed by atoms with Gasteiger partial charge in [0.1, 0.15) is 5.82 Å². The molecule has 1 aromatic carbocycles. The molecule has 2 rings (SSSR count). The summed E-state index contributed by atoms with van der Waals surface area (Å²) in [5.41, 5.74) is 0.316. The number of hydrogen-bond acceptors (Lipinski definition) is 7. The van der Waals surface area contributed by atoms with Crippen molar-refractivity contribution in [2.24, 2.45) is 0 Å². The molecule has 27 heavy (non-hydrogen) atoms. The zero-order chi connectivity index (χ0) is 19.9. The molecule has 0 radical (unpaired) electrons. The predicted molar refractivity (Wildman–Crippen MR) is 102 cm³/mol. The molecule has 1 aromatic heterocycles. The first-order valence-corrected chi connectivity index (χ1v) is 9.69. The van der Waals surface area contributed by atoms with Crippen LogP contribution in [0.4, 0.5) is 11.6 Å². The Balaban J connectivity index is 1.97. The van der Waals surface area contributed by atoms with Gasteiger partial charge in [-0.3, -0.25) is 4.79 Å². The lowest BCUT2D eigenvalue weighted by Gasteiger charge is -2.11. The first-order valence-electron chi connectivity index (χ1n) is 8.25. The molecule has 1 heterocycles. The Morgan fingerprint density at radius 2 is 1.70 bits per heavy atom. The lowest BCUT2D eigenvalue weighted by molar-refractivity contribution is 0.102. The number of amides is 1. The van der Waals surface area contributed by atoms with Gasteiger partial charge in [-0.05, 0) is 42.8 Å². The number of nitrogens with one attached hydrogen (secondary N) is 2. The van der Waals surface area contributed by atoms with Crippen LogP contribution >= 0.6 is 0 Å². The van der Waals surface area contributed by atoms with Gasteiger partial charge in [0, 0.05) is 39.9 Å². The van der Waals surface area contributed by atoms with Gasteiger partial charge in [0.15, 0.2) is 5.82 Å². The SMILES string of the molecule is COCCCNc1ccc(NC(=O)c2ccc(S(=O)(=O)N(C)C)cc2)nn1. The number of carbonyl (C=O) groups is 1. The fourth-order valence-electron chi connectivity index (χ4n) is 2.10. The number of methoxy groups -OCH3 is 1. The largest absolute Gasteiger partial charge is 0.385 e. The minimum Gasteiger partial charge on any atom is -0.385 e. The Labute approximate surface area is 158 Å². The normalized spacial score (nSPS) is 11.4. The fourth-order valence-corrected chi connectivity index (χ4v) is 3.01. The van der Waals surface area contributed by atoms with E-state index in [1.165, 1.54) is 38.4 Å². The molecular weight excluding hydrogens is 370 g/mol. The molecule has 146 valence electrons. The number of carbonyl (C=O) groups excluding carboxylic acids is 1. The highest BCUT2D eigenvalue weighted by Gasteiger charge is 2.17. The predicted octanol–water partition coefficient (Wildman–Crippen LogP) is 1.43. The van der Waals surface area contributed by atoms with Crippen LogP contribution in [0.5, 0.6) is 0 Å². The second kappa shape index (κ2) is 9.40. The third-order valence-electron chi connectivity index (χ3n) is 3.63. The number of hydrogen-bond donors (Lipinski definition) is 2. The van der Waals surface area contributed by atoms with E-state index in [0.29, 0.717) is 30.4 Å². The van der Waals surface area contributed by atoms with Crippen LogP contribution in [0.1, 0.15) is 16.8 Å². The highest BCUT2D eigenvalue weighted by Crippen LogP contribution is 2.15. The summed E-state index contributed by atoms with van der Waals surface area (Å²) in [5, 5.41) is 13.6. The van der Waals surface area contributed by atoms with E-state index < -0.39 is 15.9 Å². The topological polar surface area (TPSA) is 114 Å². The molecule has 0 unspecified atom stereocenters. The molecule has 2 aromatic rings. The van der Waals surface area contributed by atoms with Crippen molar-refractivity contribution in [2.75, 3.05) is 45.0 Å². The summed E-state index contributed by atoms with van der Waals surface area (Å²) < 4.78 is 30.2. The molecule has 0 spiro atoms. The van der Waals surface area contributed by atoms with E-state index in [4.69, 9.17) is 4.74 Å². The van der Waals surface area contributed by atoms with Crippen LogP contribution in [0.25, 0.3) is 0 Å². The molecule has 10 heteroatoms. The summed E-state index contributed by atoms with van der Waals surface area (Å²) in [4.78, 5) is 12.4. The van der Waals surface area contributed by atoms with Crippen LogP contribution in [-0.4, -0.2) is 63.2 Å². The number of anilines is 2. The summed E-state index contributed by atoms with van der Waals surface area (Å²) >= 11 is 0. The van der Waals surface area contributed by atoms with Crippen molar-refractivity contribution in [3.8, 4) is 0 Å². The van der Waals surface area contributed by atoms with Crippen LogP contribution < -0.4 is 10.6 Å².